The van der Waals surface area contributed by atoms with Gasteiger partial charge >= 0.3 is 0 Å². The van der Waals surface area contributed by atoms with E-state index in [4.69, 9.17) is 4.42 Å². The molecule has 0 unspecified atom stereocenters. The summed E-state index contributed by atoms with van der Waals surface area (Å²) in [5.74, 6) is 0.0536. The van der Waals surface area contributed by atoms with Crippen LogP contribution in [0, 0.1) is 0 Å². The summed E-state index contributed by atoms with van der Waals surface area (Å²) < 4.78 is 5.29. The van der Waals surface area contributed by atoms with E-state index < -0.39 is 0 Å². The van der Waals surface area contributed by atoms with Crippen LogP contribution in [0.5, 0.6) is 0 Å². The second-order valence-electron chi connectivity index (χ2n) is 5.75. The van der Waals surface area contributed by atoms with Crippen LogP contribution in [0.2, 0.25) is 0 Å². The topological polar surface area (TPSA) is 62.6 Å². The van der Waals surface area contributed by atoms with Crippen molar-refractivity contribution in [2.24, 2.45) is 0 Å². The van der Waals surface area contributed by atoms with Crippen LogP contribution in [0.25, 0.3) is 6.08 Å². The van der Waals surface area contributed by atoms with Gasteiger partial charge in [0, 0.05) is 24.7 Å². The first-order chi connectivity index (χ1) is 11.7. The van der Waals surface area contributed by atoms with Crippen LogP contribution in [-0.4, -0.2) is 29.8 Å². The molecule has 1 aliphatic rings. The Morgan fingerprint density at radius 1 is 1.00 bits per heavy atom. The van der Waals surface area contributed by atoms with E-state index in [1.165, 1.54) is 6.26 Å². The third-order valence-corrected chi connectivity index (χ3v) is 3.99. The van der Waals surface area contributed by atoms with Crippen LogP contribution in [-0.2, 0) is 4.79 Å². The number of amides is 2. The molecule has 1 aliphatic heterocycles. The molecule has 1 N–H and O–H groups in total. The lowest BCUT2D eigenvalue weighted by molar-refractivity contribution is -0.128. The molecular weight excluding hydrogens is 304 g/mol. The number of rotatable bonds is 4. The summed E-state index contributed by atoms with van der Waals surface area (Å²) >= 11 is 0. The van der Waals surface area contributed by atoms with Gasteiger partial charge in [0.05, 0.1) is 6.26 Å². The lowest BCUT2D eigenvalue weighted by Crippen LogP contribution is -2.41. The van der Waals surface area contributed by atoms with Gasteiger partial charge in [-0.3, -0.25) is 9.59 Å². The van der Waals surface area contributed by atoms with Gasteiger partial charge in [0.2, 0.25) is 0 Å². The predicted molar refractivity (Wildman–Crippen MR) is 91.0 cm³/mol. The first-order valence-corrected chi connectivity index (χ1v) is 8.15. The highest BCUT2D eigenvalue weighted by Gasteiger charge is 2.22. The van der Waals surface area contributed by atoms with Gasteiger partial charge in [-0.15, -0.1) is 0 Å². The summed E-state index contributed by atoms with van der Waals surface area (Å²) in [5, 5.41) is 2.74. The van der Waals surface area contributed by atoms with Gasteiger partial charge in [0.25, 0.3) is 11.8 Å². The van der Waals surface area contributed by atoms with Gasteiger partial charge in [-0.1, -0.05) is 18.2 Å². The molecule has 2 amide bonds. The van der Waals surface area contributed by atoms with Crippen LogP contribution in [0.4, 0.5) is 0 Å². The van der Waals surface area contributed by atoms with Gasteiger partial charge in [-0.05, 0) is 43.5 Å². The van der Waals surface area contributed by atoms with Crippen molar-refractivity contribution >= 4 is 17.9 Å². The second-order valence-corrected chi connectivity index (χ2v) is 5.75. The fraction of sp³-hybridized carbons (Fsp3) is 0.263. The Balaban J connectivity index is 1.82. The normalized spacial score (nSPS) is 15.2. The summed E-state index contributed by atoms with van der Waals surface area (Å²) in [4.78, 5) is 27.0. The second kappa shape index (κ2) is 7.64. The molecule has 1 saturated heterocycles. The van der Waals surface area contributed by atoms with Crippen LogP contribution < -0.4 is 5.32 Å². The minimum absolute atomic E-state index is 0.171. The number of likely N-dealkylation sites (tertiary alicyclic amines) is 1. The van der Waals surface area contributed by atoms with Gasteiger partial charge in [0.15, 0.2) is 0 Å². The monoisotopic (exact) mass is 324 g/mol. The average molecular weight is 324 g/mol. The first kappa shape index (κ1) is 16.1. The van der Waals surface area contributed by atoms with E-state index in [1.807, 2.05) is 6.07 Å². The van der Waals surface area contributed by atoms with Crippen LogP contribution >= 0.6 is 0 Å². The molecule has 1 aromatic carbocycles. The van der Waals surface area contributed by atoms with E-state index in [1.54, 1.807) is 47.4 Å². The molecule has 5 heteroatoms. The van der Waals surface area contributed by atoms with E-state index in [-0.39, 0.29) is 17.5 Å². The molecule has 0 spiro atoms. The first-order valence-electron chi connectivity index (χ1n) is 8.15. The maximum Gasteiger partial charge on any atom is 0.270 e. The van der Waals surface area contributed by atoms with Crippen molar-refractivity contribution in [2.45, 2.75) is 19.3 Å². The maximum absolute atomic E-state index is 12.8. The predicted octanol–water partition coefficient (Wildman–Crippen LogP) is 3.06. The largest absolute Gasteiger partial charge is 0.465 e. The van der Waals surface area contributed by atoms with Crippen molar-refractivity contribution in [3.63, 3.8) is 0 Å². The summed E-state index contributed by atoms with van der Waals surface area (Å²) in [6, 6.07) is 12.3. The van der Waals surface area contributed by atoms with Gasteiger partial charge in [0.1, 0.15) is 11.5 Å². The zero-order valence-corrected chi connectivity index (χ0v) is 13.4. The van der Waals surface area contributed by atoms with Gasteiger partial charge < -0.3 is 14.6 Å². The molecule has 24 heavy (non-hydrogen) atoms. The highest BCUT2D eigenvalue weighted by atomic mass is 16.3. The number of nitrogens with one attached hydrogen (secondary N) is 1. The molecule has 0 bridgehead atoms. The fourth-order valence-electron chi connectivity index (χ4n) is 2.72. The van der Waals surface area contributed by atoms with E-state index >= 15 is 0 Å². The molecule has 0 saturated carbocycles. The van der Waals surface area contributed by atoms with E-state index in [0.717, 1.165) is 32.4 Å². The molecule has 0 radical (unpaired) electrons. The minimum atomic E-state index is -0.307. The lowest BCUT2D eigenvalue weighted by Gasteiger charge is -2.27. The van der Waals surface area contributed by atoms with Gasteiger partial charge in [-0.2, -0.15) is 0 Å². The smallest absolute Gasteiger partial charge is 0.270 e. The molecule has 2 aromatic rings. The lowest BCUT2D eigenvalue weighted by atomic mass is 10.1. The van der Waals surface area contributed by atoms with Crippen molar-refractivity contribution in [3.05, 3.63) is 65.7 Å². The third-order valence-electron chi connectivity index (χ3n) is 3.99. The van der Waals surface area contributed by atoms with Crippen LogP contribution in [0.1, 0.15) is 35.4 Å². The SMILES string of the molecule is O=C(NC(=Cc1ccco1)C(=O)N1CCCCC1)c1ccccc1. The molecule has 3 rings (SSSR count). The average Bonchev–Trinajstić information content (AvgIpc) is 3.15. The Hall–Kier alpha value is -2.82. The molecule has 0 aliphatic carbocycles. The minimum Gasteiger partial charge on any atom is -0.465 e. The molecule has 5 nitrogen and oxygen atoms in total. The quantitative estimate of drug-likeness (QED) is 0.879. The van der Waals surface area contributed by atoms with E-state index in [0.29, 0.717) is 11.3 Å². The fourth-order valence-corrected chi connectivity index (χ4v) is 2.72. The number of carbonyl (C=O) groups is 2. The van der Waals surface area contributed by atoms with Crippen molar-refractivity contribution in [2.75, 3.05) is 13.1 Å². The Morgan fingerprint density at radius 2 is 1.75 bits per heavy atom. The highest BCUT2D eigenvalue weighted by molar-refractivity contribution is 6.05. The molecule has 124 valence electrons. The summed E-state index contributed by atoms with van der Waals surface area (Å²) in [6.07, 6.45) is 6.24. The van der Waals surface area contributed by atoms with E-state index in [2.05, 4.69) is 5.32 Å². The van der Waals surface area contributed by atoms with Crippen LogP contribution in [0.3, 0.4) is 0 Å². The standard InChI is InChI=1S/C19H20N2O3/c22-18(15-8-3-1-4-9-15)20-17(14-16-10-7-13-24-16)19(23)21-11-5-2-6-12-21/h1,3-4,7-10,13-14H,2,5-6,11-12H2,(H,20,22). The zero-order valence-electron chi connectivity index (χ0n) is 13.4. The van der Waals surface area contributed by atoms with E-state index in [9.17, 15) is 9.59 Å². The molecule has 2 heterocycles. The number of benzene rings is 1. The molecular formula is C19H20N2O3. The number of nitrogens with zero attached hydrogens (tertiary/aromatic N) is 1. The third kappa shape index (κ3) is 3.93. The summed E-state index contributed by atoms with van der Waals surface area (Å²) in [5.41, 5.74) is 0.745. The van der Waals surface area contributed by atoms with Crippen molar-refractivity contribution in [1.29, 1.82) is 0 Å². The molecule has 1 fully saturated rings. The van der Waals surface area contributed by atoms with Crippen LogP contribution in [0.15, 0.2) is 58.8 Å². The number of hydrogen-bond donors (Lipinski definition) is 1. The number of hydrogen-bond acceptors (Lipinski definition) is 3. The van der Waals surface area contributed by atoms with Crippen molar-refractivity contribution in [3.8, 4) is 0 Å². The Kier molecular flexibility index (Phi) is 5.11. The Morgan fingerprint density at radius 3 is 2.42 bits per heavy atom. The summed E-state index contributed by atoms with van der Waals surface area (Å²) in [6.45, 7) is 1.44. The highest BCUT2D eigenvalue weighted by Crippen LogP contribution is 2.14. The Labute approximate surface area is 141 Å². The number of piperidine rings is 1. The molecule has 1 aromatic heterocycles. The Bertz CT molecular complexity index is 714. The van der Waals surface area contributed by atoms with Gasteiger partial charge in [-0.25, -0.2) is 0 Å². The van der Waals surface area contributed by atoms with Crippen molar-refractivity contribution < 1.29 is 14.0 Å². The number of furan rings is 1. The van der Waals surface area contributed by atoms with Crippen molar-refractivity contribution in [1.82, 2.24) is 10.2 Å². The maximum atomic E-state index is 12.8. The number of carbonyl (C=O) groups excluding carboxylic acids is 2. The summed E-state index contributed by atoms with van der Waals surface area (Å²) in [7, 11) is 0. The molecule has 0 atom stereocenters. The zero-order chi connectivity index (χ0) is 16.8.